The van der Waals surface area contributed by atoms with Gasteiger partial charge in [-0.2, -0.15) is 0 Å². The minimum Gasteiger partial charge on any atom is -0.497 e. The van der Waals surface area contributed by atoms with Gasteiger partial charge < -0.3 is 9.47 Å². The first-order chi connectivity index (χ1) is 20.8. The smallest absolute Gasteiger partial charge is 0.266 e. The van der Waals surface area contributed by atoms with Gasteiger partial charge in [0, 0.05) is 23.8 Å². The fourth-order valence-corrected chi connectivity index (χ4v) is 6.92. The van der Waals surface area contributed by atoms with Gasteiger partial charge in [-0.1, -0.05) is 18.6 Å². The molecule has 43 heavy (non-hydrogen) atoms. The van der Waals surface area contributed by atoms with Gasteiger partial charge in [-0.25, -0.2) is 22.7 Å². The number of methoxy groups -OCH3 is 2. The quantitative estimate of drug-likeness (QED) is 0.213. The summed E-state index contributed by atoms with van der Waals surface area (Å²) in [4.78, 5) is 21.8. The highest BCUT2D eigenvalue weighted by Gasteiger charge is 2.28. The van der Waals surface area contributed by atoms with Crippen LogP contribution in [0.1, 0.15) is 41.9 Å². The number of anilines is 1. The van der Waals surface area contributed by atoms with E-state index < -0.39 is 10.0 Å². The van der Waals surface area contributed by atoms with Gasteiger partial charge in [0.1, 0.15) is 11.5 Å². The van der Waals surface area contributed by atoms with Crippen molar-refractivity contribution in [1.29, 1.82) is 0 Å². The molecule has 0 radical (unpaired) electrons. The molecular formula is C33H32N4O5S. The highest BCUT2D eigenvalue weighted by atomic mass is 32.2. The number of rotatable bonds is 9. The second kappa shape index (κ2) is 11.5. The molecule has 1 saturated carbocycles. The maximum Gasteiger partial charge on any atom is 0.266 e. The Morgan fingerprint density at radius 2 is 1.67 bits per heavy atom. The molecule has 0 aliphatic heterocycles. The first-order valence-corrected chi connectivity index (χ1v) is 15.5. The van der Waals surface area contributed by atoms with E-state index in [0.29, 0.717) is 34.0 Å². The maximum absolute atomic E-state index is 14.1. The van der Waals surface area contributed by atoms with Gasteiger partial charge in [-0.05, 0) is 97.0 Å². The van der Waals surface area contributed by atoms with E-state index in [2.05, 4.69) is 16.9 Å². The van der Waals surface area contributed by atoms with Crippen LogP contribution < -0.4 is 19.3 Å². The molecule has 2 aromatic heterocycles. The normalized spacial score (nSPS) is 13.5. The highest BCUT2D eigenvalue weighted by molar-refractivity contribution is 7.92. The van der Waals surface area contributed by atoms with E-state index in [9.17, 15) is 13.2 Å². The van der Waals surface area contributed by atoms with Crippen LogP contribution in [-0.2, 0) is 16.6 Å². The van der Waals surface area contributed by atoms with Gasteiger partial charge >= 0.3 is 0 Å². The van der Waals surface area contributed by atoms with Crippen LogP contribution in [0.3, 0.4) is 0 Å². The summed E-state index contributed by atoms with van der Waals surface area (Å²) in [6.45, 7) is 2.07. The summed E-state index contributed by atoms with van der Waals surface area (Å²) in [5.41, 5.74) is 4.02. The molecule has 0 unspecified atom stereocenters. The summed E-state index contributed by atoms with van der Waals surface area (Å²) in [7, 11) is -0.940. The number of hydrogen-bond acceptors (Lipinski definition) is 7. The van der Waals surface area contributed by atoms with E-state index in [1.807, 2.05) is 12.1 Å². The highest BCUT2D eigenvalue weighted by Crippen LogP contribution is 2.41. The number of nitrogens with zero attached hydrogens (tertiary/aromatic N) is 4. The monoisotopic (exact) mass is 596 g/mol. The van der Waals surface area contributed by atoms with Crippen molar-refractivity contribution in [2.75, 3.05) is 18.5 Å². The van der Waals surface area contributed by atoms with Crippen molar-refractivity contribution in [2.45, 2.75) is 43.5 Å². The van der Waals surface area contributed by atoms with Crippen LogP contribution in [-0.4, -0.2) is 37.2 Å². The van der Waals surface area contributed by atoms with Crippen molar-refractivity contribution >= 4 is 26.9 Å². The Kier molecular flexibility index (Phi) is 7.62. The van der Waals surface area contributed by atoms with E-state index in [-0.39, 0.29) is 22.9 Å². The predicted molar refractivity (Wildman–Crippen MR) is 166 cm³/mol. The van der Waals surface area contributed by atoms with Crippen molar-refractivity contribution in [3.05, 3.63) is 112 Å². The molecule has 5 aromatic rings. The van der Waals surface area contributed by atoms with Crippen molar-refractivity contribution < 1.29 is 17.9 Å². The number of benzene rings is 3. The Labute approximate surface area is 250 Å². The summed E-state index contributed by atoms with van der Waals surface area (Å²) in [6, 6.07) is 20.6. The van der Waals surface area contributed by atoms with Gasteiger partial charge in [0.2, 0.25) is 5.95 Å². The van der Waals surface area contributed by atoms with Crippen LogP contribution in [0, 0.1) is 6.92 Å². The van der Waals surface area contributed by atoms with E-state index in [0.717, 1.165) is 24.0 Å². The lowest BCUT2D eigenvalue weighted by atomic mass is 9.78. The van der Waals surface area contributed by atoms with Crippen LogP contribution in [0.25, 0.3) is 16.6 Å². The molecule has 1 fully saturated rings. The SMILES string of the molecule is COc1ccc(CN(c2ncccn2)S(=O)(=O)c2ccc3c(ccc(=O)n3-c3cc(C)c(C4CCC4)cc3OC)c2)cc1. The third-order valence-electron chi connectivity index (χ3n) is 8.07. The van der Waals surface area contributed by atoms with E-state index in [1.54, 1.807) is 67.3 Å². The lowest BCUT2D eigenvalue weighted by Crippen LogP contribution is -2.32. The van der Waals surface area contributed by atoms with Crippen LogP contribution in [0.4, 0.5) is 5.95 Å². The van der Waals surface area contributed by atoms with Crippen LogP contribution in [0.2, 0.25) is 0 Å². The minimum atomic E-state index is -4.11. The first-order valence-electron chi connectivity index (χ1n) is 14.1. The number of aromatic nitrogens is 3. The summed E-state index contributed by atoms with van der Waals surface area (Å²) >= 11 is 0. The fraction of sp³-hybridized carbons (Fsp3) is 0.242. The van der Waals surface area contributed by atoms with Crippen LogP contribution >= 0.6 is 0 Å². The van der Waals surface area contributed by atoms with Gasteiger partial charge in [0.05, 0.1) is 36.9 Å². The fourth-order valence-electron chi connectivity index (χ4n) is 5.53. The van der Waals surface area contributed by atoms with Gasteiger partial charge in [-0.15, -0.1) is 0 Å². The molecule has 220 valence electrons. The molecule has 6 rings (SSSR count). The predicted octanol–water partition coefficient (Wildman–Crippen LogP) is 5.77. The lowest BCUT2D eigenvalue weighted by molar-refractivity contribution is 0.400. The second-order valence-electron chi connectivity index (χ2n) is 10.6. The number of pyridine rings is 1. The third kappa shape index (κ3) is 5.34. The molecular weight excluding hydrogens is 564 g/mol. The molecule has 0 N–H and O–H groups in total. The maximum atomic E-state index is 14.1. The summed E-state index contributed by atoms with van der Waals surface area (Å²) < 4.78 is 42.0. The number of fused-ring (bicyclic) bond motifs is 1. The average molecular weight is 597 g/mol. The van der Waals surface area contributed by atoms with Crippen LogP contribution in [0.5, 0.6) is 11.5 Å². The molecule has 0 spiro atoms. The van der Waals surface area contributed by atoms with E-state index >= 15 is 0 Å². The third-order valence-corrected chi connectivity index (χ3v) is 9.79. The Bertz CT molecular complexity index is 1950. The Hall–Kier alpha value is -4.70. The van der Waals surface area contributed by atoms with Gasteiger partial charge in [-0.3, -0.25) is 9.36 Å². The molecule has 1 aliphatic carbocycles. The number of hydrogen-bond donors (Lipinski definition) is 0. The number of ether oxygens (including phenoxy) is 2. The minimum absolute atomic E-state index is 0.0116. The van der Waals surface area contributed by atoms with Gasteiger partial charge in [0.15, 0.2) is 0 Å². The molecule has 0 amide bonds. The van der Waals surface area contributed by atoms with Gasteiger partial charge in [0.25, 0.3) is 15.6 Å². The van der Waals surface area contributed by atoms with Crippen molar-refractivity contribution in [1.82, 2.24) is 14.5 Å². The zero-order valence-corrected chi connectivity index (χ0v) is 25.0. The largest absolute Gasteiger partial charge is 0.497 e. The molecule has 0 saturated heterocycles. The Balaban J connectivity index is 1.44. The van der Waals surface area contributed by atoms with Crippen molar-refractivity contribution in [3.8, 4) is 17.2 Å². The molecule has 1 aliphatic rings. The Morgan fingerprint density at radius 1 is 0.930 bits per heavy atom. The van der Waals surface area contributed by atoms with Crippen molar-refractivity contribution in [3.63, 3.8) is 0 Å². The second-order valence-corrected chi connectivity index (χ2v) is 12.5. The topological polar surface area (TPSA) is 104 Å². The molecule has 3 aromatic carbocycles. The van der Waals surface area contributed by atoms with Crippen LogP contribution in [0.15, 0.2) is 94.9 Å². The molecule has 10 heteroatoms. The zero-order valence-electron chi connectivity index (χ0n) is 24.2. The summed E-state index contributed by atoms with van der Waals surface area (Å²) in [5.74, 6) is 1.83. The molecule has 9 nitrogen and oxygen atoms in total. The number of sulfonamides is 1. The first kappa shape index (κ1) is 28.4. The molecule has 2 heterocycles. The Morgan fingerprint density at radius 3 is 2.33 bits per heavy atom. The zero-order chi connectivity index (χ0) is 30.1. The summed E-state index contributed by atoms with van der Waals surface area (Å²) in [6.07, 6.45) is 6.53. The standard InChI is InChI=1S/C33H32N4O5S/c1-22-18-30(31(42-3)20-28(22)24-6-4-7-24)37-29-14-13-27(19-25(29)10-15-32(37)38)43(39,40)36(33-34-16-5-17-35-33)21-23-8-11-26(41-2)12-9-23/h5,8-20,24H,4,6-7,21H2,1-3H3. The summed E-state index contributed by atoms with van der Waals surface area (Å²) in [5, 5.41) is 0.585. The van der Waals surface area contributed by atoms with Crippen molar-refractivity contribution in [2.24, 2.45) is 0 Å². The lowest BCUT2D eigenvalue weighted by Gasteiger charge is -2.28. The molecule has 0 bridgehead atoms. The van der Waals surface area contributed by atoms with E-state index in [4.69, 9.17) is 9.47 Å². The molecule has 0 atom stereocenters. The average Bonchev–Trinajstić information content (AvgIpc) is 3.00. The number of aryl methyl sites for hydroxylation is 1. The van der Waals surface area contributed by atoms with E-state index in [1.165, 1.54) is 40.8 Å².